The maximum absolute atomic E-state index is 13.3. The Balaban J connectivity index is 1.15. The zero-order chi connectivity index (χ0) is 23.3. The van der Waals surface area contributed by atoms with E-state index in [2.05, 4.69) is 31.0 Å². The maximum atomic E-state index is 13.3. The third-order valence-electron chi connectivity index (χ3n) is 7.74. The van der Waals surface area contributed by atoms with Gasteiger partial charge in [-0.05, 0) is 48.8 Å². The zero-order valence-electron chi connectivity index (χ0n) is 18.6. The van der Waals surface area contributed by atoms with Gasteiger partial charge in [-0.25, -0.2) is 4.98 Å². The molecular formula is C24H25N7O3. The molecule has 174 valence electrons. The molecule has 1 saturated heterocycles. The Labute approximate surface area is 195 Å². The molecular weight excluding hydrogens is 434 g/mol. The van der Waals surface area contributed by atoms with Crippen molar-refractivity contribution in [1.29, 1.82) is 0 Å². The molecule has 0 bridgehead atoms. The van der Waals surface area contributed by atoms with Crippen LogP contribution in [-0.4, -0.2) is 62.1 Å². The first kappa shape index (κ1) is 20.8. The van der Waals surface area contributed by atoms with Gasteiger partial charge in [-0.3, -0.25) is 14.4 Å². The Morgan fingerprint density at radius 1 is 1.15 bits per heavy atom. The van der Waals surface area contributed by atoms with E-state index in [1.807, 2.05) is 17.0 Å². The second-order valence-corrected chi connectivity index (χ2v) is 9.49. The lowest BCUT2D eigenvalue weighted by Gasteiger charge is -2.43. The lowest BCUT2D eigenvalue weighted by molar-refractivity contribution is 0.0506. The number of nitrogens with one attached hydrogen (secondary N) is 3. The molecule has 3 N–H and O–H groups in total. The first-order valence-electron chi connectivity index (χ1n) is 11.7. The van der Waals surface area contributed by atoms with Crippen molar-refractivity contribution in [3.8, 4) is 0 Å². The molecule has 1 atom stereocenters. The normalized spacial score (nSPS) is 21.0. The van der Waals surface area contributed by atoms with Gasteiger partial charge in [0.15, 0.2) is 0 Å². The summed E-state index contributed by atoms with van der Waals surface area (Å²) in [5, 5.41) is 16.5. The molecule has 1 saturated carbocycles. The van der Waals surface area contributed by atoms with Crippen molar-refractivity contribution in [2.24, 2.45) is 5.41 Å². The van der Waals surface area contributed by atoms with Gasteiger partial charge in [-0.2, -0.15) is 10.3 Å². The van der Waals surface area contributed by atoms with Gasteiger partial charge < -0.3 is 15.5 Å². The Hall–Kier alpha value is -3.82. The van der Waals surface area contributed by atoms with Crippen molar-refractivity contribution in [2.45, 2.75) is 44.7 Å². The van der Waals surface area contributed by atoms with E-state index >= 15 is 0 Å². The molecule has 2 aliphatic heterocycles. The predicted octanol–water partition coefficient (Wildman–Crippen LogP) is 1.80. The van der Waals surface area contributed by atoms with Gasteiger partial charge in [0.25, 0.3) is 17.7 Å². The Morgan fingerprint density at radius 3 is 2.85 bits per heavy atom. The summed E-state index contributed by atoms with van der Waals surface area (Å²) in [5.74, 6) is -0.424. The second kappa shape index (κ2) is 7.89. The number of piperidine rings is 1. The van der Waals surface area contributed by atoms with E-state index in [0.717, 1.165) is 37.7 Å². The summed E-state index contributed by atoms with van der Waals surface area (Å²) in [7, 11) is 0. The summed E-state index contributed by atoms with van der Waals surface area (Å²) < 4.78 is 0. The SMILES string of the molecule is O=C(NC1CCCC12CCN(C(=O)c1cccc3c1C(=O)NC3)CC2)c1cnc2n[nH]nc2c1. The number of carbonyl (C=O) groups is 3. The third kappa shape index (κ3) is 3.32. The molecule has 3 amide bonds. The minimum atomic E-state index is -0.177. The van der Waals surface area contributed by atoms with E-state index in [-0.39, 0.29) is 29.2 Å². The van der Waals surface area contributed by atoms with Crippen LogP contribution in [0.5, 0.6) is 0 Å². The number of benzene rings is 1. The highest BCUT2D eigenvalue weighted by molar-refractivity contribution is 6.09. The highest BCUT2D eigenvalue weighted by Crippen LogP contribution is 2.46. The first-order chi connectivity index (χ1) is 16.5. The number of H-pyrrole nitrogens is 1. The van der Waals surface area contributed by atoms with Crippen molar-refractivity contribution in [2.75, 3.05) is 13.1 Å². The van der Waals surface area contributed by atoms with E-state index in [4.69, 9.17) is 0 Å². The molecule has 1 aromatic carbocycles. The Kier molecular flexibility index (Phi) is 4.82. The van der Waals surface area contributed by atoms with Crippen LogP contribution in [0.15, 0.2) is 30.5 Å². The summed E-state index contributed by atoms with van der Waals surface area (Å²) in [6.07, 6.45) is 6.18. The molecule has 10 heteroatoms. The van der Waals surface area contributed by atoms with Crippen LogP contribution in [0, 0.1) is 5.41 Å². The lowest BCUT2D eigenvalue weighted by atomic mass is 9.74. The fourth-order valence-corrected chi connectivity index (χ4v) is 5.85. The van der Waals surface area contributed by atoms with Gasteiger partial charge in [-0.15, -0.1) is 5.10 Å². The van der Waals surface area contributed by atoms with Crippen LogP contribution in [0.25, 0.3) is 11.2 Å². The number of hydrogen-bond donors (Lipinski definition) is 3. The molecule has 4 heterocycles. The molecule has 1 unspecified atom stereocenters. The summed E-state index contributed by atoms with van der Waals surface area (Å²) in [4.78, 5) is 44.6. The minimum absolute atomic E-state index is 0.0200. The predicted molar refractivity (Wildman–Crippen MR) is 122 cm³/mol. The van der Waals surface area contributed by atoms with Gasteiger partial charge in [0, 0.05) is 31.9 Å². The number of amides is 3. The van der Waals surface area contributed by atoms with Gasteiger partial charge in [0.1, 0.15) is 5.52 Å². The van der Waals surface area contributed by atoms with Gasteiger partial charge >= 0.3 is 0 Å². The molecule has 0 radical (unpaired) electrons. The molecule has 3 aromatic rings. The molecule has 2 aromatic heterocycles. The van der Waals surface area contributed by atoms with E-state index in [0.29, 0.717) is 47.5 Å². The molecule has 1 aliphatic carbocycles. The van der Waals surface area contributed by atoms with E-state index in [9.17, 15) is 14.4 Å². The van der Waals surface area contributed by atoms with Crippen LogP contribution in [0.2, 0.25) is 0 Å². The molecule has 3 aliphatic rings. The topological polar surface area (TPSA) is 133 Å². The highest BCUT2D eigenvalue weighted by atomic mass is 16.2. The van der Waals surface area contributed by atoms with Crippen LogP contribution < -0.4 is 10.6 Å². The number of pyridine rings is 1. The molecule has 34 heavy (non-hydrogen) atoms. The smallest absolute Gasteiger partial charge is 0.254 e. The standard InChI is InChI=1S/C24H25N7O3/c32-21(15-11-17-20(25-13-15)29-30-28-17)27-18-5-2-6-24(18)7-9-31(10-8-24)23(34)16-4-1-3-14-12-26-22(33)19(14)16/h1,3-4,11,13,18H,2,5-10,12H2,(H,26,33)(H,27,32)(H,25,28,29,30). The summed E-state index contributed by atoms with van der Waals surface area (Å²) in [5.41, 5.74) is 3.35. The lowest BCUT2D eigenvalue weighted by Crippen LogP contribution is -2.51. The third-order valence-corrected chi connectivity index (χ3v) is 7.74. The number of nitrogens with zero attached hydrogens (tertiary/aromatic N) is 4. The Morgan fingerprint density at radius 2 is 2.00 bits per heavy atom. The second-order valence-electron chi connectivity index (χ2n) is 9.49. The fourth-order valence-electron chi connectivity index (χ4n) is 5.85. The summed E-state index contributed by atoms with van der Waals surface area (Å²) in [6, 6.07) is 7.22. The molecule has 6 rings (SSSR count). The highest BCUT2D eigenvalue weighted by Gasteiger charge is 2.46. The number of rotatable bonds is 3. The minimum Gasteiger partial charge on any atom is -0.349 e. The number of aromatic amines is 1. The quantitative estimate of drug-likeness (QED) is 0.547. The van der Waals surface area contributed by atoms with Crippen LogP contribution in [-0.2, 0) is 6.54 Å². The van der Waals surface area contributed by atoms with Crippen molar-refractivity contribution in [1.82, 2.24) is 35.9 Å². The van der Waals surface area contributed by atoms with Crippen molar-refractivity contribution >= 4 is 28.9 Å². The average molecular weight is 460 g/mol. The maximum Gasteiger partial charge on any atom is 0.254 e. The number of fused-ring (bicyclic) bond motifs is 2. The Bertz CT molecular complexity index is 1310. The molecule has 10 nitrogen and oxygen atoms in total. The van der Waals surface area contributed by atoms with E-state index in [1.165, 1.54) is 6.20 Å². The molecule has 2 fully saturated rings. The summed E-state index contributed by atoms with van der Waals surface area (Å²) >= 11 is 0. The number of carbonyl (C=O) groups excluding carboxylic acids is 3. The fraction of sp³-hybridized carbons (Fsp3) is 0.417. The largest absolute Gasteiger partial charge is 0.349 e. The van der Waals surface area contributed by atoms with Crippen molar-refractivity contribution in [3.05, 3.63) is 52.7 Å². The molecule has 1 spiro atoms. The van der Waals surface area contributed by atoms with Crippen LogP contribution in [0.3, 0.4) is 0 Å². The van der Waals surface area contributed by atoms with Crippen LogP contribution >= 0.6 is 0 Å². The zero-order valence-corrected chi connectivity index (χ0v) is 18.6. The monoisotopic (exact) mass is 459 g/mol. The summed E-state index contributed by atoms with van der Waals surface area (Å²) in [6.45, 7) is 1.70. The van der Waals surface area contributed by atoms with Crippen LogP contribution in [0.1, 0.15) is 68.7 Å². The number of hydrogen-bond acceptors (Lipinski definition) is 6. The number of aromatic nitrogens is 4. The van der Waals surface area contributed by atoms with E-state index < -0.39 is 0 Å². The first-order valence-corrected chi connectivity index (χ1v) is 11.7. The average Bonchev–Trinajstić information content (AvgIpc) is 3.58. The van der Waals surface area contributed by atoms with Gasteiger partial charge in [-0.1, -0.05) is 18.6 Å². The van der Waals surface area contributed by atoms with Crippen molar-refractivity contribution in [3.63, 3.8) is 0 Å². The van der Waals surface area contributed by atoms with Crippen molar-refractivity contribution < 1.29 is 14.4 Å². The van der Waals surface area contributed by atoms with Gasteiger partial charge in [0.2, 0.25) is 5.65 Å². The number of likely N-dealkylation sites (tertiary alicyclic amines) is 1. The van der Waals surface area contributed by atoms with Gasteiger partial charge in [0.05, 0.1) is 16.7 Å². The van der Waals surface area contributed by atoms with Crippen LogP contribution in [0.4, 0.5) is 0 Å². The van der Waals surface area contributed by atoms with E-state index in [1.54, 1.807) is 12.1 Å².